The number of fused-ring (bicyclic) bond motifs is 1. The second-order valence-electron chi connectivity index (χ2n) is 10.6. The number of benzene rings is 2. The number of sulfonamides is 1. The van der Waals surface area contributed by atoms with Gasteiger partial charge in [-0.2, -0.15) is 0 Å². The molecule has 1 aromatic heterocycles. The van der Waals surface area contributed by atoms with Crippen molar-refractivity contribution in [3.05, 3.63) is 65.9 Å². The number of amides is 4. The second kappa shape index (κ2) is 12.5. The van der Waals surface area contributed by atoms with E-state index in [2.05, 4.69) is 10.6 Å². The molecule has 11 nitrogen and oxygen atoms in total. The highest BCUT2D eigenvalue weighted by molar-refractivity contribution is 7.90. The number of hydrogen-bond donors (Lipinski definition) is 3. The summed E-state index contributed by atoms with van der Waals surface area (Å²) in [4.78, 5) is 53.1. The number of para-hydroxylation sites is 1. The van der Waals surface area contributed by atoms with E-state index in [1.54, 1.807) is 43.3 Å². The smallest absolute Gasteiger partial charge is 0.331 e. The maximum atomic E-state index is 13.3. The monoisotopic (exact) mass is 582 g/mol. The molecule has 4 rings (SSSR count). The van der Waals surface area contributed by atoms with Crippen molar-refractivity contribution in [2.75, 3.05) is 13.1 Å². The van der Waals surface area contributed by atoms with Crippen LogP contribution in [0.3, 0.4) is 0 Å². The summed E-state index contributed by atoms with van der Waals surface area (Å²) in [6.45, 7) is 5.19. The number of nitrogens with one attached hydrogen (secondary N) is 3. The van der Waals surface area contributed by atoms with Gasteiger partial charge in [0, 0.05) is 11.9 Å². The van der Waals surface area contributed by atoms with Crippen molar-refractivity contribution in [1.82, 2.24) is 20.3 Å². The quantitative estimate of drug-likeness (QED) is 0.369. The molecule has 218 valence electrons. The van der Waals surface area contributed by atoms with Crippen LogP contribution >= 0.6 is 0 Å². The lowest BCUT2D eigenvalue weighted by atomic mass is 10.0. The number of likely N-dealkylation sites (tertiary alicyclic amines) is 1. The van der Waals surface area contributed by atoms with Crippen molar-refractivity contribution in [3.63, 3.8) is 0 Å². The van der Waals surface area contributed by atoms with E-state index >= 15 is 0 Å². The van der Waals surface area contributed by atoms with E-state index in [9.17, 15) is 27.6 Å². The molecular formula is C29H34N4O7S. The van der Waals surface area contributed by atoms with Gasteiger partial charge >= 0.3 is 6.03 Å². The second-order valence-corrected chi connectivity index (χ2v) is 12.2. The molecule has 12 heteroatoms. The molecule has 0 spiro atoms. The lowest BCUT2D eigenvalue weighted by Gasteiger charge is -2.23. The first-order chi connectivity index (χ1) is 19.4. The minimum Gasteiger partial charge on any atom is -0.451 e. The molecule has 0 saturated carbocycles. The number of urea groups is 1. The van der Waals surface area contributed by atoms with Crippen LogP contribution in [0, 0.1) is 12.8 Å². The fourth-order valence-electron chi connectivity index (χ4n) is 4.74. The Bertz CT molecular complexity index is 1530. The fraction of sp³-hybridized carbons (Fsp3) is 0.379. The van der Waals surface area contributed by atoms with Crippen molar-refractivity contribution < 1.29 is 32.0 Å². The van der Waals surface area contributed by atoms with Crippen molar-refractivity contribution in [2.24, 2.45) is 5.92 Å². The lowest BCUT2D eigenvalue weighted by molar-refractivity contribution is -0.129. The van der Waals surface area contributed by atoms with Crippen LogP contribution < -0.4 is 15.4 Å². The van der Waals surface area contributed by atoms with E-state index in [1.807, 2.05) is 30.7 Å². The SMILES string of the molecule is Cc1ccccc1S(=O)(=O)NC(=O)N1CCCC(NC(=O)[C@H](CC(C)C)NC(=O)c2cc3ccccc3o2)C(=O)C1. The van der Waals surface area contributed by atoms with Crippen LogP contribution in [0.4, 0.5) is 4.79 Å². The highest BCUT2D eigenvalue weighted by atomic mass is 32.2. The summed E-state index contributed by atoms with van der Waals surface area (Å²) in [5, 5.41) is 6.21. The fourth-order valence-corrected chi connectivity index (χ4v) is 5.96. The maximum Gasteiger partial charge on any atom is 0.331 e. The molecule has 41 heavy (non-hydrogen) atoms. The Kier molecular flexibility index (Phi) is 9.11. The van der Waals surface area contributed by atoms with E-state index in [0.717, 1.165) is 10.3 Å². The predicted molar refractivity (Wildman–Crippen MR) is 152 cm³/mol. The van der Waals surface area contributed by atoms with Crippen LogP contribution in [0.25, 0.3) is 11.0 Å². The highest BCUT2D eigenvalue weighted by Crippen LogP contribution is 2.20. The van der Waals surface area contributed by atoms with Gasteiger partial charge in [-0.15, -0.1) is 0 Å². The average Bonchev–Trinajstić information content (AvgIpc) is 3.27. The number of nitrogens with zero attached hydrogens (tertiary/aromatic N) is 1. The molecule has 0 bridgehead atoms. The maximum absolute atomic E-state index is 13.3. The van der Waals surface area contributed by atoms with Gasteiger partial charge in [0.05, 0.1) is 17.5 Å². The Hall–Kier alpha value is -4.19. The first-order valence-corrected chi connectivity index (χ1v) is 14.9. The van der Waals surface area contributed by atoms with E-state index in [0.29, 0.717) is 24.0 Å². The first-order valence-electron chi connectivity index (χ1n) is 13.4. The average molecular weight is 583 g/mol. The van der Waals surface area contributed by atoms with Crippen LogP contribution in [0.5, 0.6) is 0 Å². The minimum atomic E-state index is -4.14. The molecule has 2 aromatic carbocycles. The third kappa shape index (κ3) is 7.31. The molecule has 2 atom stereocenters. The van der Waals surface area contributed by atoms with Crippen molar-refractivity contribution in [1.29, 1.82) is 0 Å². The molecule has 1 unspecified atom stereocenters. The van der Waals surface area contributed by atoms with Gasteiger partial charge in [0.15, 0.2) is 11.5 Å². The number of carbonyl (C=O) groups is 4. The number of Topliss-reactive ketones (excluding diaryl/α,β-unsaturated/α-hetero) is 1. The minimum absolute atomic E-state index is 0.0273. The molecular weight excluding hydrogens is 548 g/mol. The Balaban J connectivity index is 1.39. The third-order valence-corrected chi connectivity index (χ3v) is 8.32. The lowest BCUT2D eigenvalue weighted by Crippen LogP contribution is -2.53. The van der Waals surface area contributed by atoms with E-state index < -0.39 is 45.7 Å². The number of ketones is 1. The zero-order chi connectivity index (χ0) is 29.7. The topological polar surface area (TPSA) is 155 Å². The number of hydrogen-bond acceptors (Lipinski definition) is 7. The molecule has 1 aliphatic rings. The Morgan fingerprint density at radius 1 is 1.07 bits per heavy atom. The summed E-state index contributed by atoms with van der Waals surface area (Å²) in [7, 11) is -4.14. The van der Waals surface area contributed by atoms with Crippen molar-refractivity contribution >= 4 is 44.6 Å². The summed E-state index contributed by atoms with van der Waals surface area (Å²) >= 11 is 0. The molecule has 1 aliphatic heterocycles. The van der Waals surface area contributed by atoms with E-state index in [1.165, 1.54) is 6.07 Å². The molecule has 1 fully saturated rings. The Morgan fingerprint density at radius 3 is 2.49 bits per heavy atom. The number of furan rings is 1. The highest BCUT2D eigenvalue weighted by Gasteiger charge is 2.33. The largest absolute Gasteiger partial charge is 0.451 e. The number of rotatable bonds is 8. The van der Waals surface area contributed by atoms with E-state index in [4.69, 9.17) is 4.42 Å². The molecule has 3 aromatic rings. The standard InChI is InChI=1S/C29H34N4O7S/c1-18(2)15-22(31-28(36)25-16-20-10-5-6-12-24(20)40-25)27(35)30-21-11-8-14-33(17-23(21)34)29(37)32-41(38,39)26-13-7-4-9-19(26)3/h4-7,9-10,12-13,16,18,21-22H,8,11,14-15,17H2,1-3H3,(H,30,35)(H,31,36)(H,32,37)/t21?,22-/m0/s1. The van der Waals surface area contributed by atoms with Gasteiger partial charge in [0.1, 0.15) is 11.6 Å². The first kappa shape index (κ1) is 29.8. The molecule has 0 aliphatic carbocycles. The van der Waals surface area contributed by atoms with Crippen LogP contribution in [-0.4, -0.2) is 62.1 Å². The molecule has 4 amide bonds. The summed E-state index contributed by atoms with van der Waals surface area (Å²) in [6.07, 6.45) is 0.934. The molecule has 1 saturated heterocycles. The zero-order valence-electron chi connectivity index (χ0n) is 23.2. The van der Waals surface area contributed by atoms with Crippen LogP contribution in [0.1, 0.15) is 49.2 Å². The van der Waals surface area contributed by atoms with Gasteiger partial charge in [0.25, 0.3) is 15.9 Å². The number of carbonyl (C=O) groups excluding carboxylic acids is 4. The van der Waals surface area contributed by atoms with Crippen LogP contribution in [0.15, 0.2) is 63.9 Å². The summed E-state index contributed by atoms with van der Waals surface area (Å²) in [5.74, 6) is -1.39. The van der Waals surface area contributed by atoms with Gasteiger partial charge in [-0.05, 0) is 55.9 Å². The predicted octanol–water partition coefficient (Wildman–Crippen LogP) is 3.13. The normalized spacial score (nSPS) is 16.7. The van der Waals surface area contributed by atoms with E-state index in [-0.39, 0.29) is 36.1 Å². The van der Waals surface area contributed by atoms with Gasteiger partial charge in [-0.25, -0.2) is 17.9 Å². The molecule has 2 heterocycles. The summed E-state index contributed by atoms with van der Waals surface area (Å²) < 4.78 is 33.1. The Labute approximate surface area is 238 Å². The summed E-state index contributed by atoms with van der Waals surface area (Å²) in [5.41, 5.74) is 1.03. The Morgan fingerprint density at radius 2 is 1.78 bits per heavy atom. The van der Waals surface area contributed by atoms with Gasteiger partial charge in [-0.3, -0.25) is 14.4 Å². The van der Waals surface area contributed by atoms with Crippen LogP contribution in [-0.2, 0) is 19.6 Å². The summed E-state index contributed by atoms with van der Waals surface area (Å²) in [6, 6.07) is 12.3. The molecule has 0 radical (unpaired) electrons. The van der Waals surface area contributed by atoms with Gasteiger partial charge in [-0.1, -0.05) is 50.2 Å². The number of aryl methyl sites for hydroxylation is 1. The van der Waals surface area contributed by atoms with Gasteiger partial charge < -0.3 is 20.0 Å². The van der Waals surface area contributed by atoms with Crippen molar-refractivity contribution in [3.8, 4) is 0 Å². The van der Waals surface area contributed by atoms with Gasteiger partial charge in [0.2, 0.25) is 5.91 Å². The third-order valence-electron chi connectivity index (χ3n) is 6.84. The molecule has 3 N–H and O–H groups in total. The van der Waals surface area contributed by atoms with Crippen molar-refractivity contribution in [2.45, 2.75) is 57.0 Å². The zero-order valence-corrected chi connectivity index (χ0v) is 24.0. The van der Waals surface area contributed by atoms with Crippen LogP contribution in [0.2, 0.25) is 0 Å².